The highest BCUT2D eigenvalue weighted by molar-refractivity contribution is 9.10. The average molecular weight is 235 g/mol. The first-order chi connectivity index (χ1) is 5.70. The summed E-state index contributed by atoms with van der Waals surface area (Å²) in [5, 5.41) is 5.84. The van der Waals surface area contributed by atoms with Crippen LogP contribution in [0.2, 0.25) is 0 Å². The van der Waals surface area contributed by atoms with Crippen molar-refractivity contribution >= 4 is 15.9 Å². The fraction of sp³-hybridized carbons (Fsp3) is 0.333. The molecule has 0 atom stereocenters. The van der Waals surface area contributed by atoms with E-state index in [2.05, 4.69) is 26.1 Å². The Morgan fingerprint density at radius 2 is 2.08 bits per heavy atom. The summed E-state index contributed by atoms with van der Waals surface area (Å²) in [4.78, 5) is 11.0. The van der Waals surface area contributed by atoms with Crippen LogP contribution in [0.5, 0.6) is 11.6 Å². The van der Waals surface area contributed by atoms with Gasteiger partial charge in [0.2, 0.25) is 11.6 Å². The number of nitrogens with one attached hydrogen (secondary N) is 1. The van der Waals surface area contributed by atoms with Crippen molar-refractivity contribution in [3.05, 3.63) is 14.8 Å². The van der Waals surface area contributed by atoms with Crippen LogP contribution >= 0.6 is 15.9 Å². The van der Waals surface area contributed by atoms with Crippen LogP contribution in [0.25, 0.3) is 0 Å². The Balaban J connectivity index is 3.34. The molecule has 0 aromatic carbocycles. The zero-order valence-electron chi connectivity index (χ0n) is 6.55. The molecule has 0 unspecified atom stereocenters. The molecule has 0 amide bonds. The third kappa shape index (κ3) is 1.42. The highest BCUT2D eigenvalue weighted by Gasteiger charge is 2.11. The van der Waals surface area contributed by atoms with Gasteiger partial charge in [0, 0.05) is 0 Å². The Hall–Kier alpha value is -1.04. The molecule has 1 aromatic rings. The summed E-state index contributed by atoms with van der Waals surface area (Å²) in [7, 11) is 2.85. The van der Waals surface area contributed by atoms with Crippen molar-refractivity contribution in [1.29, 1.82) is 0 Å². The lowest BCUT2D eigenvalue weighted by Gasteiger charge is -2.04. The molecule has 66 valence electrons. The summed E-state index contributed by atoms with van der Waals surface area (Å²) >= 11 is 3.12. The summed E-state index contributed by atoms with van der Waals surface area (Å²) < 4.78 is 10.1. The second-order valence-corrected chi connectivity index (χ2v) is 2.70. The van der Waals surface area contributed by atoms with Gasteiger partial charge in [-0.3, -0.25) is 4.79 Å². The van der Waals surface area contributed by atoms with Gasteiger partial charge >= 0.3 is 5.56 Å². The normalized spacial score (nSPS) is 9.58. The average Bonchev–Trinajstić information content (AvgIpc) is 2.06. The van der Waals surface area contributed by atoms with Crippen molar-refractivity contribution in [3.63, 3.8) is 0 Å². The maximum atomic E-state index is 11.0. The lowest BCUT2D eigenvalue weighted by molar-refractivity contribution is 0.366. The minimum atomic E-state index is -0.398. The van der Waals surface area contributed by atoms with Crippen LogP contribution in [0.15, 0.2) is 9.27 Å². The third-order valence-corrected chi connectivity index (χ3v) is 1.95. The van der Waals surface area contributed by atoms with Gasteiger partial charge in [0.05, 0.1) is 14.2 Å². The molecule has 6 heteroatoms. The van der Waals surface area contributed by atoms with Gasteiger partial charge in [-0.15, -0.1) is 5.10 Å². The smallest absolute Gasteiger partial charge is 0.307 e. The van der Waals surface area contributed by atoms with Crippen LogP contribution in [-0.2, 0) is 0 Å². The Labute approximate surface area is 76.8 Å². The fourth-order valence-electron chi connectivity index (χ4n) is 0.716. The largest absolute Gasteiger partial charge is 0.490 e. The summed E-state index contributed by atoms with van der Waals surface area (Å²) in [6.07, 6.45) is 0. The monoisotopic (exact) mass is 234 g/mol. The Bertz CT molecular complexity index is 336. The number of halogens is 1. The number of H-pyrrole nitrogens is 1. The molecule has 0 aliphatic rings. The van der Waals surface area contributed by atoms with E-state index in [-0.39, 0.29) is 11.6 Å². The van der Waals surface area contributed by atoms with E-state index in [9.17, 15) is 4.79 Å². The van der Waals surface area contributed by atoms with E-state index in [1.165, 1.54) is 14.2 Å². The number of methoxy groups -OCH3 is 2. The number of aromatic nitrogens is 2. The second kappa shape index (κ2) is 3.57. The van der Waals surface area contributed by atoms with Crippen molar-refractivity contribution in [3.8, 4) is 11.6 Å². The first-order valence-electron chi connectivity index (χ1n) is 3.07. The molecular formula is C6H7BrN2O3. The molecule has 0 bridgehead atoms. The lowest BCUT2D eigenvalue weighted by Crippen LogP contribution is -2.12. The minimum absolute atomic E-state index is 0.154. The molecule has 0 fully saturated rings. The van der Waals surface area contributed by atoms with E-state index in [0.29, 0.717) is 4.47 Å². The number of ether oxygens (including phenoxy) is 2. The maximum absolute atomic E-state index is 11.0. The van der Waals surface area contributed by atoms with Crippen LogP contribution < -0.4 is 15.0 Å². The highest BCUT2D eigenvalue weighted by Crippen LogP contribution is 2.27. The van der Waals surface area contributed by atoms with Gasteiger partial charge in [0.1, 0.15) is 4.47 Å². The SMILES string of the molecule is COc1n[nH]c(=O)c(OC)c1Br. The van der Waals surface area contributed by atoms with Gasteiger partial charge in [-0.25, -0.2) is 5.10 Å². The first-order valence-corrected chi connectivity index (χ1v) is 3.86. The molecule has 0 aliphatic carbocycles. The summed E-state index contributed by atoms with van der Waals surface area (Å²) in [5.74, 6) is 0.438. The molecule has 1 rings (SSSR count). The van der Waals surface area contributed by atoms with Gasteiger partial charge in [-0.2, -0.15) is 0 Å². The fourth-order valence-corrected chi connectivity index (χ4v) is 1.31. The Morgan fingerprint density at radius 3 is 2.58 bits per heavy atom. The molecule has 0 spiro atoms. The van der Waals surface area contributed by atoms with Crippen molar-refractivity contribution in [2.24, 2.45) is 0 Å². The maximum Gasteiger partial charge on any atom is 0.307 e. The van der Waals surface area contributed by atoms with Gasteiger partial charge in [0.15, 0.2) is 0 Å². The van der Waals surface area contributed by atoms with Crippen LogP contribution in [0.3, 0.4) is 0 Å². The van der Waals surface area contributed by atoms with Crippen molar-refractivity contribution in [2.75, 3.05) is 14.2 Å². The lowest BCUT2D eigenvalue weighted by atomic mass is 10.5. The standard InChI is InChI=1S/C6H7BrN2O3/c1-11-4-3(7)6(12-2)9-8-5(4)10/h1-2H3,(H,8,10). The van der Waals surface area contributed by atoms with Crippen molar-refractivity contribution in [2.45, 2.75) is 0 Å². The molecule has 1 aromatic heterocycles. The highest BCUT2D eigenvalue weighted by atomic mass is 79.9. The van der Waals surface area contributed by atoms with Crippen LogP contribution in [-0.4, -0.2) is 24.4 Å². The van der Waals surface area contributed by atoms with E-state index in [1.807, 2.05) is 0 Å². The van der Waals surface area contributed by atoms with E-state index >= 15 is 0 Å². The molecule has 5 nitrogen and oxygen atoms in total. The van der Waals surface area contributed by atoms with Gasteiger partial charge in [-0.1, -0.05) is 0 Å². The first kappa shape index (κ1) is 9.05. The second-order valence-electron chi connectivity index (χ2n) is 1.91. The summed E-state index contributed by atoms with van der Waals surface area (Å²) in [6, 6.07) is 0. The van der Waals surface area contributed by atoms with Gasteiger partial charge < -0.3 is 9.47 Å². The number of rotatable bonds is 2. The number of aromatic amines is 1. The molecular weight excluding hydrogens is 228 g/mol. The molecule has 1 N–H and O–H groups in total. The molecule has 0 aliphatic heterocycles. The molecule has 0 saturated carbocycles. The van der Waals surface area contributed by atoms with Crippen LogP contribution in [0.1, 0.15) is 0 Å². The summed E-state index contributed by atoms with van der Waals surface area (Å²) in [5.41, 5.74) is -0.398. The predicted octanol–water partition coefficient (Wildman–Crippen LogP) is 0.550. The molecule has 12 heavy (non-hydrogen) atoms. The van der Waals surface area contributed by atoms with Gasteiger partial charge in [-0.05, 0) is 15.9 Å². The quantitative estimate of drug-likeness (QED) is 0.812. The van der Waals surface area contributed by atoms with Crippen molar-refractivity contribution in [1.82, 2.24) is 10.2 Å². The molecule has 1 heterocycles. The van der Waals surface area contributed by atoms with E-state index in [4.69, 9.17) is 9.47 Å². The number of nitrogens with zero attached hydrogens (tertiary/aromatic N) is 1. The van der Waals surface area contributed by atoms with E-state index < -0.39 is 5.56 Å². The van der Waals surface area contributed by atoms with E-state index in [0.717, 1.165) is 0 Å². The van der Waals surface area contributed by atoms with Crippen molar-refractivity contribution < 1.29 is 9.47 Å². The van der Waals surface area contributed by atoms with Gasteiger partial charge in [0.25, 0.3) is 0 Å². The number of hydrogen-bond acceptors (Lipinski definition) is 4. The zero-order valence-corrected chi connectivity index (χ0v) is 8.14. The minimum Gasteiger partial charge on any atom is -0.490 e. The number of hydrogen-bond donors (Lipinski definition) is 1. The summed E-state index contributed by atoms with van der Waals surface area (Å²) in [6.45, 7) is 0. The predicted molar refractivity (Wildman–Crippen MR) is 45.7 cm³/mol. The topological polar surface area (TPSA) is 64.2 Å². The molecule has 0 saturated heterocycles. The Morgan fingerprint density at radius 1 is 1.42 bits per heavy atom. The van der Waals surface area contributed by atoms with E-state index in [1.54, 1.807) is 0 Å². The van der Waals surface area contributed by atoms with Crippen LogP contribution in [0, 0.1) is 0 Å². The third-order valence-electron chi connectivity index (χ3n) is 1.25. The zero-order chi connectivity index (χ0) is 9.14. The Kier molecular flexibility index (Phi) is 2.69. The molecule has 0 radical (unpaired) electrons. The van der Waals surface area contributed by atoms with Crippen LogP contribution in [0.4, 0.5) is 0 Å².